The van der Waals surface area contributed by atoms with Crippen LogP contribution in [0.3, 0.4) is 0 Å². The molecule has 0 aromatic heterocycles. The monoisotopic (exact) mass is 259 g/mol. The SMILES string of the molecule is CN(C)CCOc1cc(N[N+](=O)[O-])ccc1Cl. The minimum atomic E-state index is -0.632. The lowest BCUT2D eigenvalue weighted by Crippen LogP contribution is -2.19. The van der Waals surface area contributed by atoms with Crippen molar-refractivity contribution in [3.63, 3.8) is 0 Å². The van der Waals surface area contributed by atoms with Crippen LogP contribution < -0.4 is 10.2 Å². The molecule has 94 valence electrons. The number of hydrogen-bond acceptors (Lipinski definition) is 4. The van der Waals surface area contributed by atoms with Crippen molar-refractivity contribution in [1.82, 2.24) is 4.90 Å². The molecule has 0 aliphatic heterocycles. The molecule has 17 heavy (non-hydrogen) atoms. The van der Waals surface area contributed by atoms with Crippen molar-refractivity contribution < 1.29 is 9.77 Å². The fourth-order valence-corrected chi connectivity index (χ4v) is 1.30. The van der Waals surface area contributed by atoms with Gasteiger partial charge in [-0.3, -0.25) is 0 Å². The van der Waals surface area contributed by atoms with Crippen LogP contribution in [0, 0.1) is 10.1 Å². The molecule has 0 amide bonds. The Bertz CT molecular complexity index is 398. The van der Waals surface area contributed by atoms with Crippen LogP contribution in [-0.2, 0) is 0 Å². The van der Waals surface area contributed by atoms with E-state index < -0.39 is 5.03 Å². The van der Waals surface area contributed by atoms with Gasteiger partial charge in [-0.15, -0.1) is 5.43 Å². The van der Waals surface area contributed by atoms with Crippen molar-refractivity contribution in [2.24, 2.45) is 0 Å². The molecule has 0 unspecified atom stereocenters. The standard InChI is InChI=1S/C10H14ClN3O3/c1-13(2)5-6-17-10-7-8(12-14(15)16)3-4-9(10)11/h3-4,7,12H,5-6H2,1-2H3. The summed E-state index contributed by atoms with van der Waals surface area (Å²) < 4.78 is 5.43. The van der Waals surface area contributed by atoms with E-state index in [1.165, 1.54) is 12.1 Å². The molecular weight excluding hydrogens is 246 g/mol. The van der Waals surface area contributed by atoms with Gasteiger partial charge in [-0.2, -0.15) is 0 Å². The maximum absolute atomic E-state index is 10.3. The first-order valence-electron chi connectivity index (χ1n) is 4.97. The Labute approximate surface area is 104 Å². The molecule has 0 atom stereocenters. The van der Waals surface area contributed by atoms with Gasteiger partial charge in [0.1, 0.15) is 18.0 Å². The quantitative estimate of drug-likeness (QED) is 0.624. The minimum Gasteiger partial charge on any atom is -0.491 e. The third-order valence-electron chi connectivity index (χ3n) is 1.95. The van der Waals surface area contributed by atoms with Crippen LogP contribution in [-0.4, -0.2) is 37.2 Å². The lowest BCUT2D eigenvalue weighted by molar-refractivity contribution is -0.445. The molecule has 0 bridgehead atoms. The number of hydrazine groups is 1. The second-order valence-corrected chi connectivity index (χ2v) is 4.07. The first kappa shape index (κ1) is 13.5. The highest BCUT2D eigenvalue weighted by atomic mass is 35.5. The number of ether oxygens (including phenoxy) is 1. The summed E-state index contributed by atoms with van der Waals surface area (Å²) in [5.74, 6) is 0.431. The summed E-state index contributed by atoms with van der Waals surface area (Å²) in [5, 5.41) is 10.1. The van der Waals surface area contributed by atoms with Crippen molar-refractivity contribution in [2.75, 3.05) is 32.7 Å². The molecule has 0 saturated carbocycles. The number of rotatable bonds is 6. The van der Waals surface area contributed by atoms with E-state index in [1.807, 2.05) is 24.4 Å². The maximum Gasteiger partial charge on any atom is 0.162 e. The zero-order valence-corrected chi connectivity index (χ0v) is 10.4. The zero-order chi connectivity index (χ0) is 12.8. The van der Waals surface area contributed by atoms with Crippen LogP contribution in [0.25, 0.3) is 0 Å². The van der Waals surface area contributed by atoms with Crippen molar-refractivity contribution in [2.45, 2.75) is 0 Å². The Balaban J connectivity index is 2.66. The number of nitrogens with zero attached hydrogens (tertiary/aromatic N) is 2. The number of likely N-dealkylation sites (N-methyl/N-ethyl adjacent to an activating group) is 1. The van der Waals surface area contributed by atoms with Gasteiger partial charge in [-0.05, 0) is 26.2 Å². The fourth-order valence-electron chi connectivity index (χ4n) is 1.13. The van der Waals surface area contributed by atoms with Crippen LogP contribution in [0.4, 0.5) is 5.69 Å². The first-order chi connectivity index (χ1) is 7.99. The summed E-state index contributed by atoms with van der Waals surface area (Å²) in [6.07, 6.45) is 0. The zero-order valence-electron chi connectivity index (χ0n) is 9.64. The van der Waals surface area contributed by atoms with Gasteiger partial charge in [0.2, 0.25) is 0 Å². The van der Waals surface area contributed by atoms with Gasteiger partial charge >= 0.3 is 0 Å². The van der Waals surface area contributed by atoms with Crippen molar-refractivity contribution in [3.05, 3.63) is 33.3 Å². The molecule has 0 heterocycles. The lowest BCUT2D eigenvalue weighted by atomic mass is 10.3. The molecule has 0 saturated heterocycles. The predicted octanol–water partition coefficient (Wildman–Crippen LogP) is 1.88. The Morgan fingerprint density at radius 3 is 2.82 bits per heavy atom. The smallest absolute Gasteiger partial charge is 0.162 e. The maximum atomic E-state index is 10.3. The molecule has 0 aliphatic rings. The lowest BCUT2D eigenvalue weighted by Gasteiger charge is -2.12. The van der Waals surface area contributed by atoms with Gasteiger partial charge in [-0.1, -0.05) is 11.6 Å². The van der Waals surface area contributed by atoms with Gasteiger partial charge in [-0.25, -0.2) is 10.1 Å². The molecule has 0 aliphatic carbocycles. The number of nitro groups is 1. The fraction of sp³-hybridized carbons (Fsp3) is 0.400. The van der Waals surface area contributed by atoms with E-state index in [0.717, 1.165) is 6.54 Å². The van der Waals surface area contributed by atoms with Crippen LogP contribution >= 0.6 is 11.6 Å². The molecule has 0 spiro atoms. The Morgan fingerprint density at radius 1 is 1.53 bits per heavy atom. The molecular formula is C10H14ClN3O3. The van der Waals surface area contributed by atoms with Gasteiger partial charge in [0.25, 0.3) is 0 Å². The highest BCUT2D eigenvalue weighted by Gasteiger charge is 2.06. The largest absolute Gasteiger partial charge is 0.491 e. The van der Waals surface area contributed by atoms with E-state index in [1.54, 1.807) is 6.07 Å². The highest BCUT2D eigenvalue weighted by Crippen LogP contribution is 2.27. The Hall–Kier alpha value is -1.53. The molecule has 1 aromatic rings. The topological polar surface area (TPSA) is 67.6 Å². The molecule has 0 radical (unpaired) electrons. The summed E-state index contributed by atoms with van der Waals surface area (Å²) in [6.45, 7) is 1.21. The van der Waals surface area contributed by atoms with Crippen LogP contribution in [0.15, 0.2) is 18.2 Å². The second kappa shape index (κ2) is 6.27. The number of anilines is 1. The Kier molecular flexibility index (Phi) is 4.99. The number of nitrogens with one attached hydrogen (secondary N) is 1. The van der Waals surface area contributed by atoms with Gasteiger partial charge in [0.05, 0.1) is 5.02 Å². The van der Waals surface area contributed by atoms with Gasteiger partial charge < -0.3 is 9.64 Å². The normalized spacial score (nSPS) is 10.4. The summed E-state index contributed by atoms with van der Waals surface area (Å²) in [7, 11) is 3.85. The summed E-state index contributed by atoms with van der Waals surface area (Å²) in [6, 6.07) is 4.57. The number of halogens is 1. The van der Waals surface area contributed by atoms with Crippen LogP contribution in [0.1, 0.15) is 0 Å². The third-order valence-corrected chi connectivity index (χ3v) is 2.26. The van der Waals surface area contributed by atoms with Gasteiger partial charge in [0, 0.05) is 12.6 Å². The summed E-state index contributed by atoms with van der Waals surface area (Å²) >= 11 is 5.91. The third kappa shape index (κ3) is 4.88. The molecule has 1 N–H and O–H groups in total. The molecule has 0 fully saturated rings. The number of benzene rings is 1. The highest BCUT2D eigenvalue weighted by molar-refractivity contribution is 6.32. The summed E-state index contributed by atoms with van der Waals surface area (Å²) in [4.78, 5) is 12.2. The van der Waals surface area contributed by atoms with E-state index in [9.17, 15) is 10.1 Å². The van der Waals surface area contributed by atoms with E-state index >= 15 is 0 Å². The van der Waals surface area contributed by atoms with Gasteiger partial charge in [0.15, 0.2) is 5.03 Å². The average Bonchev–Trinajstić information content (AvgIpc) is 2.21. The molecule has 1 aromatic carbocycles. The van der Waals surface area contributed by atoms with Crippen LogP contribution in [0.2, 0.25) is 5.02 Å². The van der Waals surface area contributed by atoms with E-state index in [4.69, 9.17) is 16.3 Å². The van der Waals surface area contributed by atoms with Crippen molar-refractivity contribution >= 4 is 17.3 Å². The van der Waals surface area contributed by atoms with Crippen LogP contribution in [0.5, 0.6) is 5.75 Å². The molecule has 6 nitrogen and oxygen atoms in total. The van der Waals surface area contributed by atoms with E-state index in [-0.39, 0.29) is 0 Å². The summed E-state index contributed by atoms with van der Waals surface area (Å²) in [5.41, 5.74) is 2.38. The van der Waals surface area contributed by atoms with Crippen molar-refractivity contribution in [1.29, 1.82) is 0 Å². The molecule has 7 heteroatoms. The first-order valence-corrected chi connectivity index (χ1v) is 5.35. The predicted molar refractivity (Wildman–Crippen MR) is 66.1 cm³/mol. The minimum absolute atomic E-state index is 0.333. The van der Waals surface area contributed by atoms with Crippen molar-refractivity contribution in [3.8, 4) is 5.75 Å². The van der Waals surface area contributed by atoms with E-state index in [0.29, 0.717) is 23.1 Å². The molecule has 1 rings (SSSR count). The average molecular weight is 260 g/mol. The Morgan fingerprint density at radius 2 is 2.24 bits per heavy atom. The second-order valence-electron chi connectivity index (χ2n) is 3.67. The van der Waals surface area contributed by atoms with E-state index in [2.05, 4.69) is 0 Å². The number of hydrogen-bond donors (Lipinski definition) is 1.